The maximum absolute atomic E-state index is 12.9. The van der Waals surface area contributed by atoms with Crippen LogP contribution in [0, 0.1) is 0 Å². The Morgan fingerprint density at radius 2 is 2.03 bits per heavy atom. The molecule has 1 aromatic carbocycles. The highest BCUT2D eigenvalue weighted by atomic mass is 19.3. The van der Waals surface area contributed by atoms with E-state index in [1.165, 1.54) is 43.3 Å². The number of halogens is 2. The maximum Gasteiger partial charge on any atom is 0.387 e. The second-order valence-electron chi connectivity index (χ2n) is 6.44. The van der Waals surface area contributed by atoms with Crippen LogP contribution in [0.15, 0.2) is 59.5 Å². The smallest absolute Gasteiger partial charge is 0.387 e. The van der Waals surface area contributed by atoms with E-state index in [1.807, 2.05) is 0 Å². The molecule has 1 N–H and O–H groups in total. The SMILES string of the molecule is COc1c(OC(F)F)ccc(NC(C)=O)c1-c1ccnc(-n2ccc(-c3ccco3)n2)n1. The minimum Gasteiger partial charge on any atom is -0.492 e. The topological polar surface area (TPSA) is 104 Å². The van der Waals surface area contributed by atoms with Crippen molar-refractivity contribution in [1.29, 1.82) is 0 Å². The van der Waals surface area contributed by atoms with Crippen molar-refractivity contribution in [3.63, 3.8) is 0 Å². The fourth-order valence-electron chi connectivity index (χ4n) is 3.09. The van der Waals surface area contributed by atoms with E-state index < -0.39 is 6.61 Å². The molecule has 0 spiro atoms. The standard InChI is InChI=1S/C21H17F2N5O4/c1-12(29)25-14-5-6-17(32-20(22)23)19(30-2)18(14)15-7-9-24-21(26-15)28-10-8-13(27-28)16-4-3-11-31-16/h3-11,20H,1-2H3,(H,25,29). The van der Waals surface area contributed by atoms with Crippen LogP contribution in [0.2, 0.25) is 0 Å². The second-order valence-corrected chi connectivity index (χ2v) is 6.44. The first kappa shape index (κ1) is 21.0. The van der Waals surface area contributed by atoms with Gasteiger partial charge in [-0.1, -0.05) is 0 Å². The predicted octanol–water partition coefficient (Wildman–Crippen LogP) is 4.16. The number of nitrogens with one attached hydrogen (secondary N) is 1. The first-order chi connectivity index (χ1) is 15.5. The third kappa shape index (κ3) is 4.26. The third-order valence-corrected chi connectivity index (χ3v) is 4.32. The van der Waals surface area contributed by atoms with Gasteiger partial charge < -0.3 is 19.2 Å². The molecule has 0 saturated carbocycles. The van der Waals surface area contributed by atoms with Crippen molar-refractivity contribution in [3.05, 3.63) is 55.1 Å². The molecule has 0 atom stereocenters. The number of furan rings is 1. The number of hydrogen-bond acceptors (Lipinski definition) is 7. The zero-order valence-electron chi connectivity index (χ0n) is 17.0. The summed E-state index contributed by atoms with van der Waals surface area (Å²) in [4.78, 5) is 20.4. The van der Waals surface area contributed by atoms with E-state index in [2.05, 4.69) is 25.1 Å². The molecule has 0 aliphatic heterocycles. The lowest BCUT2D eigenvalue weighted by atomic mass is 10.1. The fraction of sp³-hybridized carbons (Fsp3) is 0.143. The summed E-state index contributed by atoms with van der Waals surface area (Å²) in [5, 5.41) is 7.05. The third-order valence-electron chi connectivity index (χ3n) is 4.32. The number of benzene rings is 1. The number of alkyl halides is 2. The molecule has 9 nitrogen and oxygen atoms in total. The number of aromatic nitrogens is 4. The highest BCUT2D eigenvalue weighted by Crippen LogP contribution is 2.43. The Morgan fingerprint density at radius 1 is 1.19 bits per heavy atom. The second kappa shape index (κ2) is 8.84. The lowest BCUT2D eigenvalue weighted by Crippen LogP contribution is -2.10. The van der Waals surface area contributed by atoms with Crippen LogP contribution in [0.1, 0.15) is 6.92 Å². The van der Waals surface area contributed by atoms with Crippen molar-refractivity contribution in [2.24, 2.45) is 0 Å². The minimum absolute atomic E-state index is 0.0158. The molecular weight excluding hydrogens is 424 g/mol. The van der Waals surface area contributed by atoms with E-state index in [1.54, 1.807) is 30.5 Å². The van der Waals surface area contributed by atoms with E-state index in [9.17, 15) is 13.6 Å². The normalized spacial score (nSPS) is 10.9. The van der Waals surface area contributed by atoms with E-state index in [4.69, 9.17) is 9.15 Å². The molecule has 0 bridgehead atoms. The van der Waals surface area contributed by atoms with Crippen LogP contribution in [0.25, 0.3) is 28.7 Å². The summed E-state index contributed by atoms with van der Waals surface area (Å²) in [7, 11) is 1.31. The van der Waals surface area contributed by atoms with Gasteiger partial charge in [0.05, 0.1) is 30.3 Å². The largest absolute Gasteiger partial charge is 0.492 e. The number of amides is 1. The number of nitrogens with zero attached hydrogens (tertiary/aromatic N) is 4. The Hall–Kier alpha value is -4.28. The van der Waals surface area contributed by atoms with Crippen LogP contribution in [-0.4, -0.2) is 39.4 Å². The van der Waals surface area contributed by atoms with Crippen LogP contribution in [0.5, 0.6) is 11.5 Å². The van der Waals surface area contributed by atoms with E-state index in [-0.39, 0.29) is 28.9 Å². The van der Waals surface area contributed by atoms with Crippen molar-refractivity contribution in [2.75, 3.05) is 12.4 Å². The molecule has 0 aliphatic rings. The Labute approximate surface area is 180 Å². The van der Waals surface area contributed by atoms with Crippen LogP contribution >= 0.6 is 0 Å². The van der Waals surface area contributed by atoms with Crippen molar-refractivity contribution in [2.45, 2.75) is 13.5 Å². The van der Waals surface area contributed by atoms with E-state index >= 15 is 0 Å². The molecular formula is C21H17F2N5O4. The quantitative estimate of drug-likeness (QED) is 0.459. The molecule has 0 radical (unpaired) electrons. The number of anilines is 1. The van der Waals surface area contributed by atoms with Crippen molar-refractivity contribution >= 4 is 11.6 Å². The molecule has 4 rings (SSSR count). The summed E-state index contributed by atoms with van der Waals surface area (Å²) in [5.41, 5.74) is 1.43. The minimum atomic E-state index is -3.06. The highest BCUT2D eigenvalue weighted by Gasteiger charge is 2.22. The highest BCUT2D eigenvalue weighted by molar-refractivity contribution is 5.96. The molecule has 4 aromatic rings. The number of ether oxygens (including phenoxy) is 2. The van der Waals surface area contributed by atoms with Gasteiger partial charge in [0.15, 0.2) is 17.3 Å². The summed E-state index contributed by atoms with van der Waals surface area (Å²) in [6.45, 7) is -1.74. The fourth-order valence-corrected chi connectivity index (χ4v) is 3.09. The monoisotopic (exact) mass is 441 g/mol. The number of hydrogen-bond donors (Lipinski definition) is 1. The molecule has 3 heterocycles. The lowest BCUT2D eigenvalue weighted by Gasteiger charge is -2.18. The number of rotatable bonds is 7. The molecule has 0 aliphatic carbocycles. The molecule has 0 saturated heterocycles. The average Bonchev–Trinajstić information content (AvgIpc) is 3.46. The predicted molar refractivity (Wildman–Crippen MR) is 110 cm³/mol. The zero-order valence-corrected chi connectivity index (χ0v) is 17.0. The molecule has 0 fully saturated rings. The van der Waals surface area contributed by atoms with Gasteiger partial charge in [-0.2, -0.15) is 13.9 Å². The van der Waals surface area contributed by atoms with Crippen LogP contribution < -0.4 is 14.8 Å². The Bertz CT molecular complexity index is 1240. The summed E-state index contributed by atoms with van der Waals surface area (Å²) in [6, 6.07) is 9.51. The number of carbonyl (C=O) groups is 1. The van der Waals surface area contributed by atoms with Crippen LogP contribution in [0.4, 0.5) is 14.5 Å². The van der Waals surface area contributed by atoms with Crippen molar-refractivity contribution in [3.8, 4) is 40.2 Å². The van der Waals surface area contributed by atoms with Gasteiger partial charge in [0.2, 0.25) is 5.91 Å². The average molecular weight is 441 g/mol. The van der Waals surface area contributed by atoms with Crippen molar-refractivity contribution < 1.29 is 27.5 Å². The van der Waals surface area contributed by atoms with Crippen LogP contribution in [-0.2, 0) is 4.79 Å². The Kier molecular flexibility index (Phi) is 5.79. The Balaban J connectivity index is 1.81. The number of carbonyl (C=O) groups excluding carboxylic acids is 1. The molecule has 3 aromatic heterocycles. The number of methoxy groups -OCH3 is 1. The van der Waals surface area contributed by atoms with Crippen LogP contribution in [0.3, 0.4) is 0 Å². The molecule has 1 amide bonds. The lowest BCUT2D eigenvalue weighted by molar-refractivity contribution is -0.114. The van der Waals surface area contributed by atoms with Gasteiger partial charge in [-0.05, 0) is 36.4 Å². The Morgan fingerprint density at radius 3 is 2.72 bits per heavy atom. The molecule has 32 heavy (non-hydrogen) atoms. The van der Waals surface area contributed by atoms with Gasteiger partial charge in [-0.25, -0.2) is 14.6 Å². The van der Waals surface area contributed by atoms with Gasteiger partial charge in [-0.15, -0.1) is 0 Å². The zero-order chi connectivity index (χ0) is 22.7. The molecule has 0 unspecified atom stereocenters. The first-order valence-corrected chi connectivity index (χ1v) is 9.33. The summed E-state index contributed by atoms with van der Waals surface area (Å²) in [6.07, 6.45) is 4.67. The van der Waals surface area contributed by atoms with E-state index in [0.717, 1.165) is 0 Å². The van der Waals surface area contributed by atoms with Gasteiger partial charge in [-0.3, -0.25) is 4.79 Å². The van der Waals surface area contributed by atoms with E-state index in [0.29, 0.717) is 22.8 Å². The van der Waals surface area contributed by atoms with Gasteiger partial charge in [0.25, 0.3) is 5.95 Å². The molecule has 11 heteroatoms. The summed E-state index contributed by atoms with van der Waals surface area (Å²) >= 11 is 0. The van der Waals surface area contributed by atoms with Gasteiger partial charge >= 0.3 is 6.61 Å². The molecule has 164 valence electrons. The summed E-state index contributed by atoms with van der Waals surface area (Å²) in [5.74, 6) is 0.201. The van der Waals surface area contributed by atoms with Gasteiger partial charge in [0, 0.05) is 19.3 Å². The maximum atomic E-state index is 12.9. The van der Waals surface area contributed by atoms with Gasteiger partial charge in [0.1, 0.15) is 5.69 Å². The first-order valence-electron chi connectivity index (χ1n) is 9.33. The summed E-state index contributed by atoms with van der Waals surface area (Å²) < 4.78 is 42.5. The van der Waals surface area contributed by atoms with Crippen molar-refractivity contribution in [1.82, 2.24) is 19.7 Å².